The monoisotopic (exact) mass is 208 g/mol. The van der Waals surface area contributed by atoms with Crippen LogP contribution in [0.3, 0.4) is 0 Å². The van der Waals surface area contributed by atoms with Crippen LogP contribution in [0, 0.1) is 5.92 Å². The fraction of sp³-hybridized carbons (Fsp3) is 0.583. The van der Waals surface area contributed by atoms with E-state index in [1.54, 1.807) is 0 Å². The Bertz CT molecular complexity index is 315. The summed E-state index contributed by atoms with van der Waals surface area (Å²) in [5, 5.41) is 0. The van der Waals surface area contributed by atoms with Gasteiger partial charge in [0.25, 0.3) is 0 Å². The van der Waals surface area contributed by atoms with E-state index >= 15 is 0 Å². The van der Waals surface area contributed by atoms with E-state index < -0.39 is 0 Å². The molecule has 1 aromatic heterocycles. The van der Waals surface area contributed by atoms with Crippen LogP contribution in [-0.4, -0.2) is 36.4 Å². The molecule has 1 atom stereocenters. The molecule has 0 aromatic carbocycles. The Hall–Kier alpha value is -1.09. The number of hydrogen-bond acceptors (Lipinski definition) is 2. The lowest BCUT2D eigenvalue weighted by atomic mass is 10.0. The second-order valence-corrected chi connectivity index (χ2v) is 4.53. The fourth-order valence-electron chi connectivity index (χ4n) is 1.80. The summed E-state index contributed by atoms with van der Waals surface area (Å²) in [6.45, 7) is 5.32. The minimum Gasteiger partial charge on any atom is -0.341 e. The Kier molecular flexibility index (Phi) is 4.09. The third-order valence-electron chi connectivity index (χ3n) is 2.61. The highest BCUT2D eigenvalue weighted by atomic mass is 16.1. The topological polar surface area (TPSA) is 25.2 Å². The van der Waals surface area contributed by atoms with Crippen LogP contribution in [0.5, 0.6) is 0 Å². The Morgan fingerprint density at radius 2 is 2.13 bits per heavy atom. The molecule has 0 amide bonds. The van der Waals surface area contributed by atoms with Crippen molar-refractivity contribution >= 4 is 6.29 Å². The lowest BCUT2D eigenvalue weighted by Crippen LogP contribution is -2.28. The van der Waals surface area contributed by atoms with E-state index in [2.05, 4.69) is 37.4 Å². The molecule has 0 saturated heterocycles. The molecule has 0 aliphatic rings. The quantitative estimate of drug-likeness (QED) is 0.692. The van der Waals surface area contributed by atoms with Crippen LogP contribution < -0.4 is 0 Å². The predicted molar refractivity (Wildman–Crippen MR) is 62.2 cm³/mol. The van der Waals surface area contributed by atoms with Crippen molar-refractivity contribution in [2.24, 2.45) is 5.92 Å². The highest BCUT2D eigenvalue weighted by Gasteiger charge is 2.17. The molecular weight excluding hydrogens is 188 g/mol. The summed E-state index contributed by atoms with van der Waals surface area (Å²) in [7, 11) is 4.11. The molecule has 0 spiro atoms. The number of hydrogen-bond donors (Lipinski definition) is 0. The van der Waals surface area contributed by atoms with Gasteiger partial charge in [0, 0.05) is 18.8 Å². The number of likely N-dealkylation sites (N-methyl/N-ethyl adjacent to an activating group) is 1. The highest BCUT2D eigenvalue weighted by Crippen LogP contribution is 2.20. The molecule has 0 radical (unpaired) electrons. The summed E-state index contributed by atoms with van der Waals surface area (Å²) in [6.07, 6.45) is 2.91. The van der Waals surface area contributed by atoms with Crippen molar-refractivity contribution < 1.29 is 4.79 Å². The minimum atomic E-state index is 0.357. The minimum absolute atomic E-state index is 0.357. The molecular formula is C12H20N2O. The summed E-state index contributed by atoms with van der Waals surface area (Å²) < 4.78 is 2.07. The molecule has 3 nitrogen and oxygen atoms in total. The first-order chi connectivity index (χ1) is 7.06. The van der Waals surface area contributed by atoms with Gasteiger partial charge in [-0.1, -0.05) is 13.8 Å². The van der Waals surface area contributed by atoms with E-state index in [0.717, 1.165) is 18.5 Å². The fourth-order valence-corrected chi connectivity index (χ4v) is 1.80. The maximum absolute atomic E-state index is 10.9. The first kappa shape index (κ1) is 12.0. The SMILES string of the molecule is CC(C)C(CN(C)C)n1cccc1C=O. The van der Waals surface area contributed by atoms with Gasteiger partial charge in [-0.25, -0.2) is 0 Å². The number of rotatable bonds is 5. The third-order valence-corrected chi connectivity index (χ3v) is 2.61. The maximum atomic E-state index is 10.9. The second-order valence-electron chi connectivity index (χ2n) is 4.53. The van der Waals surface area contributed by atoms with Crippen molar-refractivity contribution in [2.45, 2.75) is 19.9 Å². The van der Waals surface area contributed by atoms with Crippen LogP contribution in [-0.2, 0) is 0 Å². The predicted octanol–water partition coefficient (Wildman–Crippen LogP) is 2.06. The zero-order chi connectivity index (χ0) is 11.4. The molecule has 1 rings (SSSR count). The summed E-state index contributed by atoms with van der Waals surface area (Å²) in [5.74, 6) is 0.512. The molecule has 1 unspecified atom stereocenters. The van der Waals surface area contributed by atoms with E-state index in [0.29, 0.717) is 12.0 Å². The zero-order valence-corrected chi connectivity index (χ0v) is 9.97. The van der Waals surface area contributed by atoms with E-state index in [4.69, 9.17) is 0 Å². The summed E-state index contributed by atoms with van der Waals surface area (Å²) in [5.41, 5.74) is 0.760. The van der Waals surface area contributed by atoms with E-state index in [9.17, 15) is 4.79 Å². The van der Waals surface area contributed by atoms with Crippen molar-refractivity contribution in [1.29, 1.82) is 0 Å². The Labute approximate surface area is 91.7 Å². The van der Waals surface area contributed by atoms with Crippen molar-refractivity contribution in [2.75, 3.05) is 20.6 Å². The summed E-state index contributed by atoms with van der Waals surface area (Å²) in [4.78, 5) is 13.0. The molecule has 0 aliphatic carbocycles. The molecule has 3 heteroatoms. The molecule has 1 heterocycles. The van der Waals surface area contributed by atoms with Gasteiger partial charge in [0.2, 0.25) is 0 Å². The lowest BCUT2D eigenvalue weighted by molar-refractivity contribution is 0.111. The van der Waals surface area contributed by atoms with Gasteiger partial charge < -0.3 is 9.47 Å². The van der Waals surface area contributed by atoms with Gasteiger partial charge in [-0.05, 0) is 32.1 Å². The largest absolute Gasteiger partial charge is 0.341 e. The molecule has 0 N–H and O–H groups in total. The summed E-state index contributed by atoms with van der Waals surface area (Å²) in [6, 6.07) is 4.14. The Morgan fingerprint density at radius 1 is 1.47 bits per heavy atom. The van der Waals surface area contributed by atoms with Crippen LogP contribution in [0.4, 0.5) is 0 Å². The molecule has 0 fully saturated rings. The smallest absolute Gasteiger partial charge is 0.166 e. The first-order valence-corrected chi connectivity index (χ1v) is 5.33. The van der Waals surface area contributed by atoms with Crippen LogP contribution in [0.25, 0.3) is 0 Å². The van der Waals surface area contributed by atoms with Crippen LogP contribution in [0.2, 0.25) is 0 Å². The first-order valence-electron chi connectivity index (χ1n) is 5.33. The molecule has 0 saturated carbocycles. The van der Waals surface area contributed by atoms with Crippen LogP contribution >= 0.6 is 0 Å². The molecule has 15 heavy (non-hydrogen) atoms. The summed E-state index contributed by atoms with van der Waals surface area (Å²) >= 11 is 0. The van der Waals surface area contributed by atoms with Gasteiger partial charge in [0.1, 0.15) is 0 Å². The van der Waals surface area contributed by atoms with Gasteiger partial charge in [0.15, 0.2) is 6.29 Å². The van der Waals surface area contributed by atoms with E-state index in [1.165, 1.54) is 0 Å². The Balaban J connectivity index is 2.93. The number of aldehydes is 1. The zero-order valence-electron chi connectivity index (χ0n) is 9.97. The van der Waals surface area contributed by atoms with Crippen molar-refractivity contribution in [1.82, 2.24) is 9.47 Å². The number of carbonyl (C=O) groups is 1. The van der Waals surface area contributed by atoms with Crippen molar-refractivity contribution in [3.8, 4) is 0 Å². The normalized spacial score (nSPS) is 13.5. The van der Waals surface area contributed by atoms with E-state index in [1.807, 2.05) is 18.3 Å². The number of aromatic nitrogens is 1. The van der Waals surface area contributed by atoms with Gasteiger partial charge in [-0.15, -0.1) is 0 Å². The van der Waals surface area contributed by atoms with Gasteiger partial charge in [-0.3, -0.25) is 4.79 Å². The molecule has 84 valence electrons. The van der Waals surface area contributed by atoms with Gasteiger partial charge in [0.05, 0.1) is 5.69 Å². The molecule has 0 bridgehead atoms. The van der Waals surface area contributed by atoms with Gasteiger partial charge in [-0.2, -0.15) is 0 Å². The number of carbonyl (C=O) groups excluding carboxylic acids is 1. The average molecular weight is 208 g/mol. The lowest BCUT2D eigenvalue weighted by Gasteiger charge is -2.27. The van der Waals surface area contributed by atoms with Crippen LogP contribution in [0.1, 0.15) is 30.4 Å². The average Bonchev–Trinajstić information content (AvgIpc) is 2.60. The second kappa shape index (κ2) is 5.12. The number of nitrogens with zero attached hydrogens (tertiary/aromatic N) is 2. The van der Waals surface area contributed by atoms with Gasteiger partial charge >= 0.3 is 0 Å². The highest BCUT2D eigenvalue weighted by molar-refractivity contribution is 5.72. The standard InChI is InChI=1S/C12H20N2O/c1-10(2)12(8-13(3)4)14-7-5-6-11(14)9-15/h5-7,9-10,12H,8H2,1-4H3. The van der Waals surface area contributed by atoms with Crippen molar-refractivity contribution in [3.63, 3.8) is 0 Å². The maximum Gasteiger partial charge on any atom is 0.166 e. The Morgan fingerprint density at radius 3 is 2.60 bits per heavy atom. The third kappa shape index (κ3) is 2.93. The van der Waals surface area contributed by atoms with Crippen LogP contribution in [0.15, 0.2) is 18.3 Å². The molecule has 0 aliphatic heterocycles. The van der Waals surface area contributed by atoms with Crippen molar-refractivity contribution in [3.05, 3.63) is 24.0 Å². The van der Waals surface area contributed by atoms with E-state index in [-0.39, 0.29) is 0 Å². The molecule has 1 aromatic rings.